The molecular weight excluding hydrogens is 198 g/mol. The number of nitrogen functional groups attached to an aromatic ring is 1. The highest BCUT2D eigenvalue weighted by Crippen LogP contribution is 2.41. The minimum absolute atomic E-state index is 0.615. The molecular formula is C13H21N3. The molecule has 2 N–H and O–H groups in total. The lowest BCUT2D eigenvalue weighted by Gasteiger charge is -2.25. The number of anilines is 1. The van der Waals surface area contributed by atoms with Gasteiger partial charge in [-0.05, 0) is 31.6 Å². The number of imidazole rings is 1. The molecule has 0 bridgehead atoms. The zero-order valence-electron chi connectivity index (χ0n) is 10.0. The van der Waals surface area contributed by atoms with Gasteiger partial charge >= 0.3 is 0 Å². The van der Waals surface area contributed by atoms with Crippen molar-refractivity contribution in [1.29, 1.82) is 0 Å². The van der Waals surface area contributed by atoms with Gasteiger partial charge in [0.25, 0.3) is 0 Å². The fraction of sp³-hybridized carbons (Fsp3) is 0.769. The Morgan fingerprint density at radius 2 is 2.12 bits per heavy atom. The second-order valence-corrected chi connectivity index (χ2v) is 5.62. The van der Waals surface area contributed by atoms with E-state index in [4.69, 9.17) is 5.73 Å². The second kappa shape index (κ2) is 3.79. The molecule has 1 heterocycles. The maximum absolute atomic E-state index is 6.22. The average molecular weight is 219 g/mol. The van der Waals surface area contributed by atoms with Crippen molar-refractivity contribution in [3.8, 4) is 0 Å². The van der Waals surface area contributed by atoms with E-state index in [-0.39, 0.29) is 0 Å². The number of nitrogens with two attached hydrogens (primary N) is 1. The Morgan fingerprint density at radius 1 is 1.31 bits per heavy atom. The Bertz CT molecular complexity index is 379. The fourth-order valence-corrected chi connectivity index (χ4v) is 3.03. The third-order valence-electron chi connectivity index (χ3n) is 4.13. The molecule has 0 radical (unpaired) electrons. The maximum atomic E-state index is 6.22. The Morgan fingerprint density at radius 3 is 2.81 bits per heavy atom. The summed E-state index contributed by atoms with van der Waals surface area (Å²) in [7, 11) is 0. The lowest BCUT2D eigenvalue weighted by atomic mass is 9.81. The van der Waals surface area contributed by atoms with Gasteiger partial charge in [0.1, 0.15) is 5.82 Å². The van der Waals surface area contributed by atoms with Crippen LogP contribution in [0.1, 0.15) is 63.1 Å². The largest absolute Gasteiger partial charge is 0.384 e. The number of hydrogen-bond donors (Lipinski definition) is 1. The van der Waals surface area contributed by atoms with Gasteiger partial charge < -0.3 is 10.3 Å². The van der Waals surface area contributed by atoms with Crippen LogP contribution >= 0.6 is 0 Å². The predicted octanol–water partition coefficient (Wildman–Crippen LogP) is 3.09. The van der Waals surface area contributed by atoms with Crippen molar-refractivity contribution in [2.75, 3.05) is 5.73 Å². The van der Waals surface area contributed by atoms with E-state index < -0.39 is 0 Å². The van der Waals surface area contributed by atoms with Gasteiger partial charge in [0, 0.05) is 12.0 Å². The number of rotatable bonds is 2. The van der Waals surface area contributed by atoms with Gasteiger partial charge in [0.2, 0.25) is 0 Å². The van der Waals surface area contributed by atoms with Crippen LogP contribution < -0.4 is 5.73 Å². The first-order valence-electron chi connectivity index (χ1n) is 6.58. The Balaban J connectivity index is 1.82. The van der Waals surface area contributed by atoms with E-state index in [0.717, 1.165) is 11.7 Å². The molecule has 1 aromatic heterocycles. The molecule has 0 saturated heterocycles. The van der Waals surface area contributed by atoms with Crippen LogP contribution in [-0.2, 0) is 0 Å². The zero-order chi connectivity index (χ0) is 11.1. The molecule has 16 heavy (non-hydrogen) atoms. The summed E-state index contributed by atoms with van der Waals surface area (Å²) in [6, 6.07) is 0.655. The topological polar surface area (TPSA) is 43.8 Å². The third-order valence-corrected chi connectivity index (χ3v) is 4.13. The Labute approximate surface area is 97.0 Å². The normalized spacial score (nSPS) is 30.6. The Hall–Kier alpha value is -0.990. The molecule has 0 aliphatic heterocycles. The SMILES string of the molecule is CC1CCCC(c2ncn(C3CC3)c2N)C1. The average Bonchev–Trinajstić information content (AvgIpc) is 3.03. The van der Waals surface area contributed by atoms with E-state index in [2.05, 4.69) is 16.5 Å². The molecule has 2 fully saturated rings. The molecule has 3 heteroatoms. The zero-order valence-corrected chi connectivity index (χ0v) is 10.0. The lowest BCUT2D eigenvalue weighted by molar-refractivity contribution is 0.341. The molecule has 2 unspecified atom stereocenters. The van der Waals surface area contributed by atoms with Crippen molar-refractivity contribution < 1.29 is 0 Å². The number of nitrogens with zero attached hydrogens (tertiary/aromatic N) is 2. The highest BCUT2D eigenvalue weighted by molar-refractivity contribution is 5.39. The van der Waals surface area contributed by atoms with Gasteiger partial charge in [-0.2, -0.15) is 0 Å². The summed E-state index contributed by atoms with van der Waals surface area (Å²) in [6.45, 7) is 2.35. The summed E-state index contributed by atoms with van der Waals surface area (Å²) in [5, 5.41) is 0. The van der Waals surface area contributed by atoms with Crippen molar-refractivity contribution in [3.63, 3.8) is 0 Å². The second-order valence-electron chi connectivity index (χ2n) is 5.62. The summed E-state index contributed by atoms with van der Waals surface area (Å²) in [6.07, 6.45) is 9.77. The van der Waals surface area contributed by atoms with Crippen LogP contribution in [-0.4, -0.2) is 9.55 Å². The molecule has 2 aliphatic rings. The molecule has 0 aromatic carbocycles. The van der Waals surface area contributed by atoms with Crippen LogP contribution in [0.2, 0.25) is 0 Å². The summed E-state index contributed by atoms with van der Waals surface area (Å²) in [4.78, 5) is 4.57. The molecule has 3 nitrogen and oxygen atoms in total. The highest BCUT2D eigenvalue weighted by Gasteiger charge is 2.29. The minimum Gasteiger partial charge on any atom is -0.384 e. The standard InChI is InChI=1S/C13H21N3/c1-9-3-2-4-10(7-9)12-13(14)16(8-15-12)11-5-6-11/h8-11H,2-7,14H2,1H3. The van der Waals surface area contributed by atoms with E-state index >= 15 is 0 Å². The van der Waals surface area contributed by atoms with Gasteiger partial charge in [0.05, 0.1) is 12.0 Å². The first-order valence-corrected chi connectivity index (χ1v) is 6.58. The summed E-state index contributed by atoms with van der Waals surface area (Å²) < 4.78 is 2.19. The van der Waals surface area contributed by atoms with E-state index in [1.165, 1.54) is 44.2 Å². The number of hydrogen-bond acceptors (Lipinski definition) is 2. The van der Waals surface area contributed by atoms with Crippen LogP contribution in [0.3, 0.4) is 0 Å². The van der Waals surface area contributed by atoms with Crippen molar-refractivity contribution in [2.24, 2.45) is 5.92 Å². The fourth-order valence-electron chi connectivity index (χ4n) is 3.03. The molecule has 2 aliphatic carbocycles. The molecule has 2 saturated carbocycles. The van der Waals surface area contributed by atoms with E-state index in [9.17, 15) is 0 Å². The summed E-state index contributed by atoms with van der Waals surface area (Å²) in [5.41, 5.74) is 7.40. The molecule has 3 rings (SSSR count). The lowest BCUT2D eigenvalue weighted by Crippen LogP contribution is -2.13. The van der Waals surface area contributed by atoms with Crippen LogP contribution in [0.15, 0.2) is 6.33 Å². The number of aromatic nitrogens is 2. The van der Waals surface area contributed by atoms with E-state index in [1.807, 2.05) is 6.33 Å². The molecule has 0 amide bonds. The van der Waals surface area contributed by atoms with Crippen molar-refractivity contribution >= 4 is 5.82 Å². The smallest absolute Gasteiger partial charge is 0.127 e. The first-order chi connectivity index (χ1) is 7.75. The summed E-state index contributed by atoms with van der Waals surface area (Å²) in [5.74, 6) is 2.40. The van der Waals surface area contributed by atoms with Crippen LogP contribution in [0, 0.1) is 5.92 Å². The molecule has 1 aromatic rings. The Kier molecular flexibility index (Phi) is 2.41. The van der Waals surface area contributed by atoms with Crippen molar-refractivity contribution in [2.45, 2.75) is 57.4 Å². The van der Waals surface area contributed by atoms with Gasteiger partial charge in [-0.1, -0.05) is 19.8 Å². The molecule has 0 spiro atoms. The van der Waals surface area contributed by atoms with Gasteiger partial charge in [-0.25, -0.2) is 4.98 Å². The van der Waals surface area contributed by atoms with Crippen LogP contribution in [0.25, 0.3) is 0 Å². The minimum atomic E-state index is 0.615. The van der Waals surface area contributed by atoms with Crippen LogP contribution in [0.5, 0.6) is 0 Å². The van der Waals surface area contributed by atoms with Gasteiger partial charge in [0.15, 0.2) is 0 Å². The maximum Gasteiger partial charge on any atom is 0.127 e. The quantitative estimate of drug-likeness (QED) is 0.830. The third kappa shape index (κ3) is 1.72. The van der Waals surface area contributed by atoms with Crippen LogP contribution in [0.4, 0.5) is 5.82 Å². The molecule has 2 atom stereocenters. The van der Waals surface area contributed by atoms with Gasteiger partial charge in [-0.15, -0.1) is 0 Å². The monoisotopic (exact) mass is 219 g/mol. The summed E-state index contributed by atoms with van der Waals surface area (Å²) >= 11 is 0. The van der Waals surface area contributed by atoms with Gasteiger partial charge in [-0.3, -0.25) is 0 Å². The van der Waals surface area contributed by atoms with E-state index in [1.54, 1.807) is 0 Å². The van der Waals surface area contributed by atoms with Crippen molar-refractivity contribution in [3.05, 3.63) is 12.0 Å². The van der Waals surface area contributed by atoms with Crippen molar-refractivity contribution in [1.82, 2.24) is 9.55 Å². The highest BCUT2D eigenvalue weighted by atomic mass is 15.2. The first kappa shape index (κ1) is 10.2. The predicted molar refractivity (Wildman–Crippen MR) is 65.3 cm³/mol. The van der Waals surface area contributed by atoms with E-state index in [0.29, 0.717) is 12.0 Å². The molecule has 88 valence electrons.